The predicted octanol–water partition coefficient (Wildman–Crippen LogP) is 3.67. The van der Waals surface area contributed by atoms with Crippen LogP contribution in [0.15, 0.2) is 42.6 Å². The van der Waals surface area contributed by atoms with E-state index < -0.39 is 0 Å². The lowest BCUT2D eigenvalue weighted by atomic mass is 10.3. The van der Waals surface area contributed by atoms with E-state index in [-0.39, 0.29) is 11.0 Å². The minimum Gasteiger partial charge on any atom is -0.454 e. The fourth-order valence-corrected chi connectivity index (χ4v) is 1.23. The van der Waals surface area contributed by atoms with Crippen LogP contribution in [0.25, 0.3) is 0 Å². The first-order valence-corrected chi connectivity index (χ1v) is 4.67. The van der Waals surface area contributed by atoms with Crippen molar-refractivity contribution < 1.29 is 9.13 Å². The van der Waals surface area contributed by atoms with Crippen LogP contribution in [-0.2, 0) is 0 Å². The quantitative estimate of drug-likeness (QED) is 0.725. The highest BCUT2D eigenvalue weighted by Crippen LogP contribution is 2.26. The van der Waals surface area contributed by atoms with Gasteiger partial charge in [-0.1, -0.05) is 11.6 Å². The first-order valence-electron chi connectivity index (χ1n) is 4.29. The second kappa shape index (κ2) is 4.28. The van der Waals surface area contributed by atoms with Gasteiger partial charge >= 0.3 is 0 Å². The van der Waals surface area contributed by atoms with Crippen LogP contribution in [0, 0.1) is 5.82 Å². The van der Waals surface area contributed by atoms with Crippen LogP contribution in [0.5, 0.6) is 11.5 Å². The molecule has 0 fully saturated rings. The first-order chi connectivity index (χ1) is 7.25. The normalized spacial score (nSPS) is 10.0. The summed E-state index contributed by atoms with van der Waals surface area (Å²) in [7, 11) is 0. The highest BCUT2D eigenvalue weighted by atomic mass is 35.5. The number of rotatable bonds is 2. The van der Waals surface area contributed by atoms with Gasteiger partial charge < -0.3 is 4.74 Å². The largest absolute Gasteiger partial charge is 0.454 e. The summed E-state index contributed by atoms with van der Waals surface area (Å²) in [5, 5.41) is 0.279. The summed E-state index contributed by atoms with van der Waals surface area (Å²) in [5.41, 5.74) is 0. The molecule has 0 aliphatic heterocycles. The highest BCUT2D eigenvalue weighted by Gasteiger charge is 2.02. The van der Waals surface area contributed by atoms with Gasteiger partial charge in [0.2, 0.25) is 0 Å². The maximum absolute atomic E-state index is 12.6. The molecule has 1 aromatic carbocycles. The van der Waals surface area contributed by atoms with Crippen LogP contribution >= 0.6 is 11.6 Å². The van der Waals surface area contributed by atoms with Gasteiger partial charge in [0.15, 0.2) is 10.9 Å². The molecule has 15 heavy (non-hydrogen) atoms. The van der Waals surface area contributed by atoms with Gasteiger partial charge in [-0.2, -0.15) is 0 Å². The second-order valence-electron chi connectivity index (χ2n) is 2.85. The van der Waals surface area contributed by atoms with Crippen LogP contribution in [0.2, 0.25) is 5.15 Å². The molecule has 0 spiro atoms. The predicted molar refractivity (Wildman–Crippen MR) is 55.7 cm³/mol. The van der Waals surface area contributed by atoms with Gasteiger partial charge in [0.25, 0.3) is 0 Å². The molecule has 2 nitrogen and oxygen atoms in total. The Bertz CT molecular complexity index is 458. The average Bonchev–Trinajstić information content (AvgIpc) is 2.25. The molecule has 1 heterocycles. The molecule has 2 aromatic rings. The third kappa shape index (κ3) is 2.44. The van der Waals surface area contributed by atoms with E-state index >= 15 is 0 Å². The molecule has 0 atom stereocenters. The Kier molecular flexibility index (Phi) is 2.83. The van der Waals surface area contributed by atoms with Gasteiger partial charge in [-0.15, -0.1) is 0 Å². The van der Waals surface area contributed by atoms with Gasteiger partial charge in [0.1, 0.15) is 11.6 Å². The zero-order chi connectivity index (χ0) is 10.7. The second-order valence-corrected chi connectivity index (χ2v) is 3.21. The molecule has 4 heteroatoms. The molecule has 0 bridgehead atoms. The molecule has 0 unspecified atom stereocenters. The maximum Gasteiger partial charge on any atom is 0.171 e. The molecule has 0 N–H and O–H groups in total. The van der Waals surface area contributed by atoms with Gasteiger partial charge in [0.05, 0.1) is 0 Å². The van der Waals surface area contributed by atoms with Crippen molar-refractivity contribution in [3.05, 3.63) is 53.6 Å². The third-order valence-electron chi connectivity index (χ3n) is 1.77. The molecule has 0 aliphatic carbocycles. The summed E-state index contributed by atoms with van der Waals surface area (Å²) in [4.78, 5) is 3.86. The van der Waals surface area contributed by atoms with E-state index in [1.807, 2.05) is 0 Å². The molecule has 0 amide bonds. The van der Waals surface area contributed by atoms with E-state index in [1.165, 1.54) is 24.3 Å². The van der Waals surface area contributed by atoms with Crippen LogP contribution in [-0.4, -0.2) is 4.98 Å². The Morgan fingerprint density at radius 1 is 1.13 bits per heavy atom. The number of benzene rings is 1. The zero-order valence-corrected chi connectivity index (χ0v) is 8.41. The van der Waals surface area contributed by atoms with Crippen LogP contribution in [0.3, 0.4) is 0 Å². The molecular weight excluding hydrogens is 217 g/mol. The number of aromatic nitrogens is 1. The van der Waals surface area contributed by atoms with Gasteiger partial charge in [-0.05, 0) is 36.4 Å². The maximum atomic E-state index is 12.6. The number of ether oxygens (including phenoxy) is 1. The smallest absolute Gasteiger partial charge is 0.171 e. The molecular formula is C11H7ClFNO. The number of halogens is 2. The standard InChI is InChI=1S/C11H7ClFNO/c12-11-10(2-1-7-14-11)15-9-5-3-8(13)4-6-9/h1-7H. The van der Waals surface area contributed by atoms with E-state index in [2.05, 4.69) is 4.98 Å². The number of nitrogens with zero attached hydrogens (tertiary/aromatic N) is 1. The van der Waals surface area contributed by atoms with Crippen LogP contribution in [0.1, 0.15) is 0 Å². The Morgan fingerprint density at radius 3 is 2.53 bits per heavy atom. The van der Waals surface area contributed by atoms with Crippen molar-refractivity contribution in [2.45, 2.75) is 0 Å². The lowest BCUT2D eigenvalue weighted by molar-refractivity contribution is 0.478. The molecule has 0 radical (unpaired) electrons. The van der Waals surface area contributed by atoms with Crippen molar-refractivity contribution in [1.29, 1.82) is 0 Å². The van der Waals surface area contributed by atoms with Crippen LogP contribution < -0.4 is 4.74 Å². The lowest BCUT2D eigenvalue weighted by Gasteiger charge is -2.05. The molecule has 76 valence electrons. The first kappa shape index (κ1) is 9.93. The zero-order valence-electron chi connectivity index (χ0n) is 7.65. The SMILES string of the molecule is Fc1ccc(Oc2cccnc2Cl)cc1. The van der Waals surface area contributed by atoms with Gasteiger partial charge in [-0.25, -0.2) is 9.37 Å². The fourth-order valence-electron chi connectivity index (χ4n) is 1.08. The summed E-state index contributed by atoms with van der Waals surface area (Å²) in [6.45, 7) is 0. The number of hydrogen-bond acceptors (Lipinski definition) is 2. The van der Waals surface area contributed by atoms with E-state index in [9.17, 15) is 4.39 Å². The topological polar surface area (TPSA) is 22.1 Å². The fraction of sp³-hybridized carbons (Fsp3) is 0. The Hall–Kier alpha value is -1.61. The molecule has 1 aromatic heterocycles. The van der Waals surface area contributed by atoms with Crippen molar-refractivity contribution in [2.75, 3.05) is 0 Å². The number of hydrogen-bond donors (Lipinski definition) is 0. The Balaban J connectivity index is 2.22. The minimum absolute atomic E-state index is 0.279. The van der Waals surface area contributed by atoms with Crippen molar-refractivity contribution in [3.63, 3.8) is 0 Å². The number of pyridine rings is 1. The summed E-state index contributed by atoms with van der Waals surface area (Å²) in [6, 6.07) is 9.10. The lowest BCUT2D eigenvalue weighted by Crippen LogP contribution is -1.86. The monoisotopic (exact) mass is 223 g/mol. The van der Waals surface area contributed by atoms with Crippen molar-refractivity contribution in [2.24, 2.45) is 0 Å². The Morgan fingerprint density at radius 2 is 1.87 bits per heavy atom. The summed E-state index contributed by atoms with van der Waals surface area (Å²) in [6.07, 6.45) is 1.57. The van der Waals surface area contributed by atoms with E-state index in [0.717, 1.165) is 0 Å². The summed E-state index contributed by atoms with van der Waals surface area (Å²) >= 11 is 5.80. The molecule has 0 saturated carbocycles. The average molecular weight is 224 g/mol. The highest BCUT2D eigenvalue weighted by molar-refractivity contribution is 6.30. The van der Waals surface area contributed by atoms with E-state index in [4.69, 9.17) is 16.3 Å². The Labute approximate surface area is 91.3 Å². The van der Waals surface area contributed by atoms with Gasteiger partial charge in [-0.3, -0.25) is 0 Å². The van der Waals surface area contributed by atoms with Crippen molar-refractivity contribution in [1.82, 2.24) is 4.98 Å². The van der Waals surface area contributed by atoms with Crippen LogP contribution in [0.4, 0.5) is 4.39 Å². The van der Waals surface area contributed by atoms with Crippen molar-refractivity contribution >= 4 is 11.6 Å². The van der Waals surface area contributed by atoms with Crippen molar-refractivity contribution in [3.8, 4) is 11.5 Å². The van der Waals surface area contributed by atoms with E-state index in [0.29, 0.717) is 11.5 Å². The minimum atomic E-state index is -0.306. The van der Waals surface area contributed by atoms with Gasteiger partial charge in [0, 0.05) is 6.20 Å². The van der Waals surface area contributed by atoms with E-state index in [1.54, 1.807) is 18.3 Å². The summed E-state index contributed by atoms with van der Waals surface area (Å²) in [5.74, 6) is 0.664. The molecule has 0 saturated heterocycles. The third-order valence-corrected chi connectivity index (χ3v) is 2.05. The molecule has 2 rings (SSSR count). The summed E-state index contributed by atoms with van der Waals surface area (Å²) < 4.78 is 18.0. The molecule has 0 aliphatic rings.